The van der Waals surface area contributed by atoms with E-state index < -0.39 is 17.1 Å². The number of benzene rings is 1. The van der Waals surface area contributed by atoms with E-state index in [1.807, 2.05) is 0 Å². The maximum Gasteiger partial charge on any atom is 0.369 e. The fraction of sp³-hybridized carbons (Fsp3) is 0.400. The summed E-state index contributed by atoms with van der Waals surface area (Å²) in [5.41, 5.74) is -1.11. The van der Waals surface area contributed by atoms with E-state index in [-0.39, 0.29) is 12.5 Å². The zero-order valence-corrected chi connectivity index (χ0v) is 13.7. The van der Waals surface area contributed by atoms with Gasteiger partial charge in [0.1, 0.15) is 12.1 Å². The highest BCUT2D eigenvalue weighted by atomic mass is 35.5. The molecule has 0 unspecified atom stereocenters. The standard InChI is InChI=1S/C15H15ClN6O2/c1-15(9-17,10-6-7-10)18-13(23)8-21-14(24)22(20-19-21)12-5-3-2-4-11(12)16/h2-5,10H,6-8H2,1H3,(H,18,23)/t15-/m1/s1. The van der Waals surface area contributed by atoms with Crippen molar-refractivity contribution in [2.75, 3.05) is 0 Å². The molecular weight excluding hydrogens is 332 g/mol. The van der Waals surface area contributed by atoms with Crippen LogP contribution in [0.3, 0.4) is 0 Å². The zero-order chi connectivity index (χ0) is 17.3. The third-order valence-corrected chi connectivity index (χ3v) is 4.36. The Labute approximate surface area is 142 Å². The van der Waals surface area contributed by atoms with Crippen molar-refractivity contribution in [3.05, 3.63) is 39.8 Å². The average molecular weight is 347 g/mol. The second kappa shape index (κ2) is 6.09. The molecule has 1 atom stereocenters. The van der Waals surface area contributed by atoms with Crippen molar-refractivity contribution in [2.24, 2.45) is 5.92 Å². The van der Waals surface area contributed by atoms with Crippen LogP contribution in [0.4, 0.5) is 0 Å². The lowest BCUT2D eigenvalue weighted by Gasteiger charge is -2.22. The number of nitrogens with zero attached hydrogens (tertiary/aromatic N) is 5. The van der Waals surface area contributed by atoms with Gasteiger partial charge in [0.05, 0.1) is 16.8 Å². The molecule has 124 valence electrons. The van der Waals surface area contributed by atoms with Gasteiger partial charge in [-0.05, 0) is 48.2 Å². The predicted molar refractivity (Wildman–Crippen MR) is 85.5 cm³/mol. The molecule has 0 saturated heterocycles. The number of tetrazole rings is 1. The van der Waals surface area contributed by atoms with Crippen LogP contribution in [0.2, 0.25) is 5.02 Å². The normalized spacial score (nSPS) is 16.2. The van der Waals surface area contributed by atoms with E-state index in [2.05, 4.69) is 21.8 Å². The van der Waals surface area contributed by atoms with E-state index >= 15 is 0 Å². The van der Waals surface area contributed by atoms with E-state index in [0.717, 1.165) is 22.2 Å². The highest BCUT2D eigenvalue weighted by Crippen LogP contribution is 2.39. The van der Waals surface area contributed by atoms with E-state index in [0.29, 0.717) is 10.7 Å². The van der Waals surface area contributed by atoms with Crippen molar-refractivity contribution in [2.45, 2.75) is 31.8 Å². The van der Waals surface area contributed by atoms with Gasteiger partial charge in [-0.25, -0.2) is 4.79 Å². The third kappa shape index (κ3) is 3.03. The third-order valence-electron chi connectivity index (χ3n) is 4.04. The zero-order valence-electron chi connectivity index (χ0n) is 12.9. The molecule has 8 nitrogen and oxygen atoms in total. The van der Waals surface area contributed by atoms with Crippen molar-refractivity contribution in [3.63, 3.8) is 0 Å². The molecule has 1 heterocycles. The van der Waals surface area contributed by atoms with E-state index in [1.165, 1.54) is 0 Å². The number of halogens is 1. The van der Waals surface area contributed by atoms with Gasteiger partial charge in [-0.1, -0.05) is 23.7 Å². The molecule has 9 heteroatoms. The van der Waals surface area contributed by atoms with Gasteiger partial charge >= 0.3 is 5.69 Å². The summed E-state index contributed by atoms with van der Waals surface area (Å²) in [7, 11) is 0. The first-order chi connectivity index (χ1) is 11.4. The minimum Gasteiger partial charge on any atom is -0.336 e. The Kier molecular flexibility index (Phi) is 4.11. The lowest BCUT2D eigenvalue weighted by molar-refractivity contribution is -0.123. The number of nitrogens with one attached hydrogen (secondary N) is 1. The number of nitriles is 1. The maximum absolute atomic E-state index is 12.3. The van der Waals surface area contributed by atoms with Gasteiger partial charge in [0.15, 0.2) is 0 Å². The Balaban J connectivity index is 1.78. The second-order valence-corrected chi connectivity index (χ2v) is 6.33. The summed E-state index contributed by atoms with van der Waals surface area (Å²) in [4.78, 5) is 24.5. The van der Waals surface area contributed by atoms with Crippen molar-refractivity contribution >= 4 is 17.5 Å². The van der Waals surface area contributed by atoms with Crippen molar-refractivity contribution < 1.29 is 4.79 Å². The van der Waals surface area contributed by atoms with Crippen LogP contribution >= 0.6 is 11.6 Å². The molecule has 1 aliphatic rings. The number of carbonyl (C=O) groups excluding carboxylic acids is 1. The van der Waals surface area contributed by atoms with Crippen molar-refractivity contribution in [1.82, 2.24) is 25.1 Å². The van der Waals surface area contributed by atoms with Gasteiger partial charge in [-0.3, -0.25) is 4.79 Å². The molecular formula is C15H15ClN6O2. The van der Waals surface area contributed by atoms with Gasteiger partial charge in [0.25, 0.3) is 0 Å². The summed E-state index contributed by atoms with van der Waals surface area (Å²) >= 11 is 6.04. The molecule has 0 radical (unpaired) electrons. The number of amides is 1. The van der Waals surface area contributed by atoms with E-state index in [4.69, 9.17) is 11.6 Å². The lowest BCUT2D eigenvalue weighted by atomic mass is 9.98. The van der Waals surface area contributed by atoms with Crippen LogP contribution in [-0.2, 0) is 11.3 Å². The molecule has 1 fully saturated rings. The fourth-order valence-corrected chi connectivity index (χ4v) is 2.71. The summed E-state index contributed by atoms with van der Waals surface area (Å²) in [5, 5.41) is 19.8. The fourth-order valence-electron chi connectivity index (χ4n) is 2.50. The Bertz CT molecular complexity index is 879. The van der Waals surface area contributed by atoms with Gasteiger partial charge in [-0.2, -0.15) is 14.6 Å². The number of rotatable bonds is 5. The van der Waals surface area contributed by atoms with Gasteiger partial charge in [0, 0.05) is 0 Å². The number of hydrogen-bond donors (Lipinski definition) is 1. The minimum atomic E-state index is -0.917. The molecule has 1 amide bonds. The number of aromatic nitrogens is 4. The van der Waals surface area contributed by atoms with Crippen LogP contribution in [-0.4, -0.2) is 31.2 Å². The minimum absolute atomic E-state index is 0.155. The summed E-state index contributed by atoms with van der Waals surface area (Å²) in [5.74, 6) is -0.304. The smallest absolute Gasteiger partial charge is 0.336 e. The quantitative estimate of drug-likeness (QED) is 0.865. The molecule has 0 aliphatic heterocycles. The largest absolute Gasteiger partial charge is 0.369 e. The summed E-state index contributed by atoms with van der Waals surface area (Å²) in [6.07, 6.45) is 1.82. The molecule has 0 spiro atoms. The van der Waals surface area contributed by atoms with Gasteiger partial charge < -0.3 is 5.32 Å². The van der Waals surface area contributed by atoms with Crippen LogP contribution in [0.15, 0.2) is 29.1 Å². The Morgan fingerprint density at radius 2 is 2.17 bits per heavy atom. The van der Waals surface area contributed by atoms with E-state index in [9.17, 15) is 14.9 Å². The number of carbonyl (C=O) groups is 1. The predicted octanol–water partition coefficient (Wildman–Crippen LogP) is 0.891. The average Bonchev–Trinajstić information content (AvgIpc) is 3.35. The van der Waals surface area contributed by atoms with E-state index in [1.54, 1.807) is 31.2 Å². The van der Waals surface area contributed by atoms with Crippen LogP contribution in [0.1, 0.15) is 19.8 Å². The first-order valence-electron chi connectivity index (χ1n) is 7.44. The molecule has 1 aliphatic carbocycles. The van der Waals surface area contributed by atoms with Gasteiger partial charge in [0.2, 0.25) is 5.91 Å². The van der Waals surface area contributed by atoms with Crippen LogP contribution < -0.4 is 11.0 Å². The summed E-state index contributed by atoms with van der Waals surface area (Å²) < 4.78 is 1.96. The SMILES string of the molecule is C[C@](C#N)(NC(=O)Cn1nnn(-c2ccccc2Cl)c1=O)C1CC1. The molecule has 3 rings (SSSR count). The molecule has 1 aromatic carbocycles. The molecule has 24 heavy (non-hydrogen) atoms. The second-order valence-electron chi connectivity index (χ2n) is 5.92. The summed E-state index contributed by atoms with van der Waals surface area (Å²) in [6, 6.07) is 8.83. The first-order valence-corrected chi connectivity index (χ1v) is 7.82. The molecule has 1 aromatic heterocycles. The maximum atomic E-state index is 12.3. The molecule has 1 N–H and O–H groups in total. The van der Waals surface area contributed by atoms with Crippen LogP contribution in [0.5, 0.6) is 0 Å². The number of para-hydroxylation sites is 1. The molecule has 2 aromatic rings. The van der Waals surface area contributed by atoms with Crippen molar-refractivity contribution in [3.8, 4) is 11.8 Å². The highest BCUT2D eigenvalue weighted by Gasteiger charge is 2.43. The van der Waals surface area contributed by atoms with Crippen LogP contribution in [0.25, 0.3) is 5.69 Å². The first kappa shape index (κ1) is 16.2. The molecule has 0 bridgehead atoms. The number of hydrogen-bond acceptors (Lipinski definition) is 5. The van der Waals surface area contributed by atoms with Crippen molar-refractivity contribution in [1.29, 1.82) is 5.26 Å². The molecule has 1 saturated carbocycles. The summed E-state index contributed by atoms with van der Waals surface area (Å²) in [6.45, 7) is 1.37. The monoisotopic (exact) mass is 346 g/mol. The van der Waals surface area contributed by atoms with Gasteiger partial charge in [-0.15, -0.1) is 0 Å². The Hall–Kier alpha value is -2.66. The Morgan fingerprint density at radius 3 is 2.79 bits per heavy atom. The Morgan fingerprint density at radius 1 is 1.46 bits per heavy atom. The highest BCUT2D eigenvalue weighted by molar-refractivity contribution is 6.32. The lowest BCUT2D eigenvalue weighted by Crippen LogP contribution is -2.48. The topological polar surface area (TPSA) is 106 Å². The van der Waals surface area contributed by atoms with Crippen LogP contribution in [0, 0.1) is 17.2 Å².